The molecule has 0 amide bonds. The molecule has 0 saturated carbocycles. The highest BCUT2D eigenvalue weighted by molar-refractivity contribution is 5.61. The van der Waals surface area contributed by atoms with Crippen molar-refractivity contribution >= 4 is 23.2 Å². The first-order valence-electron chi connectivity index (χ1n) is 10.3. The summed E-state index contributed by atoms with van der Waals surface area (Å²) in [6.45, 7) is 9.08. The SMILES string of the molecule is CCCCNc1nc(N)c2ncc(Cc3cnc(N4CCNCC4)c(C)c3)n2n1. The quantitative estimate of drug-likeness (QED) is 0.518. The van der Waals surface area contributed by atoms with E-state index in [4.69, 9.17) is 10.7 Å². The number of piperazine rings is 1. The minimum Gasteiger partial charge on any atom is -0.380 e. The molecule has 1 fully saturated rings. The van der Waals surface area contributed by atoms with E-state index in [0.29, 0.717) is 23.8 Å². The van der Waals surface area contributed by atoms with Gasteiger partial charge in [-0.25, -0.2) is 14.5 Å². The predicted molar refractivity (Wildman–Crippen MR) is 115 cm³/mol. The summed E-state index contributed by atoms with van der Waals surface area (Å²) in [7, 11) is 0. The van der Waals surface area contributed by atoms with Gasteiger partial charge in [-0.2, -0.15) is 4.98 Å². The highest BCUT2D eigenvalue weighted by Gasteiger charge is 2.16. The molecule has 0 radical (unpaired) electrons. The summed E-state index contributed by atoms with van der Waals surface area (Å²) in [6.07, 6.45) is 6.62. The Bertz CT molecular complexity index is 975. The number of rotatable bonds is 7. The average Bonchev–Trinajstić information content (AvgIpc) is 3.12. The molecule has 29 heavy (non-hydrogen) atoms. The Labute approximate surface area is 170 Å². The molecular weight excluding hydrogens is 366 g/mol. The lowest BCUT2D eigenvalue weighted by Gasteiger charge is -2.29. The monoisotopic (exact) mass is 395 g/mol. The van der Waals surface area contributed by atoms with E-state index in [1.165, 1.54) is 5.56 Å². The number of hydrogen-bond acceptors (Lipinski definition) is 8. The number of unbranched alkanes of at least 4 members (excludes halogenated alkanes) is 1. The van der Waals surface area contributed by atoms with Crippen molar-refractivity contribution in [1.82, 2.24) is 29.9 Å². The molecule has 0 aromatic carbocycles. The third kappa shape index (κ3) is 4.24. The van der Waals surface area contributed by atoms with Crippen LogP contribution < -0.4 is 21.3 Å². The van der Waals surface area contributed by atoms with Gasteiger partial charge in [-0.3, -0.25) is 0 Å². The molecule has 154 valence electrons. The van der Waals surface area contributed by atoms with Gasteiger partial charge in [0.1, 0.15) is 5.82 Å². The van der Waals surface area contributed by atoms with Gasteiger partial charge in [0.25, 0.3) is 0 Å². The van der Waals surface area contributed by atoms with E-state index in [1.54, 1.807) is 4.52 Å². The molecule has 9 heteroatoms. The molecule has 4 rings (SSSR count). The van der Waals surface area contributed by atoms with Crippen LogP contribution in [0.3, 0.4) is 0 Å². The van der Waals surface area contributed by atoms with Crippen molar-refractivity contribution in [2.24, 2.45) is 0 Å². The van der Waals surface area contributed by atoms with Gasteiger partial charge in [0, 0.05) is 45.3 Å². The van der Waals surface area contributed by atoms with E-state index in [1.807, 2.05) is 12.4 Å². The van der Waals surface area contributed by atoms with Crippen molar-refractivity contribution in [3.8, 4) is 0 Å². The highest BCUT2D eigenvalue weighted by atomic mass is 15.3. The molecular formula is C20H29N9. The number of fused-ring (bicyclic) bond motifs is 1. The summed E-state index contributed by atoms with van der Waals surface area (Å²) in [5.74, 6) is 1.99. The summed E-state index contributed by atoms with van der Waals surface area (Å²) in [4.78, 5) is 15.8. The standard InChI is InChI=1S/C20H29N9/c1-3-4-5-23-20-26-17(21)19-25-13-16(29(19)27-20)11-15-10-14(2)18(24-12-15)28-8-6-22-7-9-28/h10,12-13,22H,3-9,11H2,1-2H3,(H3,21,23,26,27). The van der Waals surface area contributed by atoms with E-state index in [2.05, 4.69) is 50.5 Å². The molecule has 0 bridgehead atoms. The number of pyridine rings is 1. The van der Waals surface area contributed by atoms with Crippen LogP contribution in [0.5, 0.6) is 0 Å². The zero-order chi connectivity index (χ0) is 20.2. The fourth-order valence-electron chi connectivity index (χ4n) is 3.66. The molecule has 9 nitrogen and oxygen atoms in total. The summed E-state index contributed by atoms with van der Waals surface area (Å²) < 4.78 is 1.79. The summed E-state index contributed by atoms with van der Waals surface area (Å²) in [5.41, 5.74) is 9.96. The molecule has 1 saturated heterocycles. The number of nitrogens with one attached hydrogen (secondary N) is 2. The summed E-state index contributed by atoms with van der Waals surface area (Å²) in [5, 5.41) is 11.2. The fourth-order valence-corrected chi connectivity index (χ4v) is 3.66. The van der Waals surface area contributed by atoms with E-state index in [-0.39, 0.29) is 0 Å². The highest BCUT2D eigenvalue weighted by Crippen LogP contribution is 2.21. The van der Waals surface area contributed by atoms with Crippen molar-refractivity contribution < 1.29 is 0 Å². The van der Waals surface area contributed by atoms with Gasteiger partial charge in [0.05, 0.1) is 11.9 Å². The van der Waals surface area contributed by atoms with Crippen molar-refractivity contribution in [2.75, 3.05) is 48.7 Å². The number of anilines is 3. The first-order chi connectivity index (χ1) is 14.2. The lowest BCUT2D eigenvalue weighted by Crippen LogP contribution is -2.44. The zero-order valence-corrected chi connectivity index (χ0v) is 17.1. The maximum atomic E-state index is 6.10. The second kappa shape index (κ2) is 8.60. The third-order valence-corrected chi connectivity index (χ3v) is 5.18. The second-order valence-electron chi connectivity index (χ2n) is 7.48. The molecule has 0 atom stereocenters. The van der Waals surface area contributed by atoms with Crippen LogP contribution >= 0.6 is 0 Å². The molecule has 4 N–H and O–H groups in total. The van der Waals surface area contributed by atoms with Crippen LogP contribution in [0, 0.1) is 6.92 Å². The van der Waals surface area contributed by atoms with Crippen molar-refractivity contribution in [3.63, 3.8) is 0 Å². The fraction of sp³-hybridized carbons (Fsp3) is 0.500. The maximum absolute atomic E-state index is 6.10. The normalized spacial score (nSPS) is 14.5. The Morgan fingerprint density at radius 1 is 1.21 bits per heavy atom. The lowest BCUT2D eigenvalue weighted by molar-refractivity contribution is 0.584. The van der Waals surface area contributed by atoms with Gasteiger partial charge in [-0.05, 0) is 24.5 Å². The maximum Gasteiger partial charge on any atom is 0.243 e. The van der Waals surface area contributed by atoms with Crippen LogP contribution in [0.15, 0.2) is 18.5 Å². The number of nitrogens with two attached hydrogens (primary N) is 1. The number of aromatic nitrogens is 5. The van der Waals surface area contributed by atoms with E-state index < -0.39 is 0 Å². The molecule has 1 aliphatic rings. The van der Waals surface area contributed by atoms with Gasteiger partial charge in [-0.1, -0.05) is 19.4 Å². The number of aryl methyl sites for hydroxylation is 1. The van der Waals surface area contributed by atoms with Crippen LogP contribution in [0.1, 0.15) is 36.6 Å². The Morgan fingerprint density at radius 3 is 2.79 bits per heavy atom. The molecule has 3 aromatic heterocycles. The molecule has 0 unspecified atom stereocenters. The first kappa shape index (κ1) is 19.4. The van der Waals surface area contributed by atoms with Crippen LogP contribution in [0.2, 0.25) is 0 Å². The number of nitrogen functional groups attached to an aromatic ring is 1. The zero-order valence-electron chi connectivity index (χ0n) is 17.1. The van der Waals surface area contributed by atoms with Gasteiger partial charge < -0.3 is 21.3 Å². The minimum atomic E-state index is 0.383. The van der Waals surface area contributed by atoms with E-state index >= 15 is 0 Å². The Balaban J connectivity index is 1.56. The van der Waals surface area contributed by atoms with Crippen molar-refractivity contribution in [1.29, 1.82) is 0 Å². The lowest BCUT2D eigenvalue weighted by atomic mass is 10.1. The second-order valence-corrected chi connectivity index (χ2v) is 7.48. The number of imidazole rings is 1. The Kier molecular flexibility index (Phi) is 5.75. The van der Waals surface area contributed by atoms with Gasteiger partial charge in [-0.15, -0.1) is 5.10 Å². The van der Waals surface area contributed by atoms with Crippen LogP contribution in [-0.4, -0.2) is 57.3 Å². The molecule has 0 spiro atoms. The Morgan fingerprint density at radius 2 is 2.03 bits per heavy atom. The smallest absolute Gasteiger partial charge is 0.243 e. The molecule has 4 heterocycles. The largest absolute Gasteiger partial charge is 0.380 e. The predicted octanol–water partition coefficient (Wildman–Crippen LogP) is 1.62. The molecule has 3 aromatic rings. The van der Waals surface area contributed by atoms with Crippen LogP contribution in [-0.2, 0) is 6.42 Å². The summed E-state index contributed by atoms with van der Waals surface area (Å²) in [6, 6.07) is 2.20. The third-order valence-electron chi connectivity index (χ3n) is 5.18. The Hall–Kier alpha value is -2.94. The van der Waals surface area contributed by atoms with E-state index in [9.17, 15) is 0 Å². The van der Waals surface area contributed by atoms with Crippen molar-refractivity contribution in [2.45, 2.75) is 33.1 Å². The summed E-state index contributed by atoms with van der Waals surface area (Å²) >= 11 is 0. The van der Waals surface area contributed by atoms with Crippen LogP contribution in [0.4, 0.5) is 17.6 Å². The van der Waals surface area contributed by atoms with Gasteiger partial charge >= 0.3 is 0 Å². The number of nitrogens with zero attached hydrogens (tertiary/aromatic N) is 6. The van der Waals surface area contributed by atoms with Crippen molar-refractivity contribution in [3.05, 3.63) is 35.3 Å². The average molecular weight is 396 g/mol. The number of hydrogen-bond donors (Lipinski definition) is 3. The minimum absolute atomic E-state index is 0.383. The van der Waals surface area contributed by atoms with Crippen LogP contribution in [0.25, 0.3) is 5.65 Å². The molecule has 1 aliphatic heterocycles. The first-order valence-corrected chi connectivity index (χ1v) is 10.3. The topological polar surface area (TPSA) is 109 Å². The van der Waals surface area contributed by atoms with Gasteiger partial charge in [0.15, 0.2) is 11.5 Å². The molecule has 0 aliphatic carbocycles. The van der Waals surface area contributed by atoms with E-state index in [0.717, 1.165) is 62.6 Å². The van der Waals surface area contributed by atoms with Gasteiger partial charge in [0.2, 0.25) is 5.95 Å².